The summed E-state index contributed by atoms with van der Waals surface area (Å²) in [5.74, 6) is 2.63. The van der Waals surface area contributed by atoms with E-state index < -0.39 is 0 Å². The highest BCUT2D eigenvalue weighted by Gasteiger charge is 2.31. The standard InChI is InChI=1S/C27H30N8O/c1-18(2)21-4-3-5-23-22(21)11-13-35(23)24-10-12-28-27(31-24)30-20-8-6-19(7-9-20)26(36)33-14-15-34-17-29-32-25(34)16-33/h3-5,10-13,17,19-20H,1,6-9,14-16H2,2H3,(H,28,30,31)/t19-,20-. The van der Waals surface area contributed by atoms with Crippen molar-refractivity contribution in [3.63, 3.8) is 0 Å². The fourth-order valence-electron chi connectivity index (χ4n) is 5.47. The Morgan fingerprint density at radius 3 is 2.81 bits per heavy atom. The van der Waals surface area contributed by atoms with Crippen LogP contribution < -0.4 is 5.32 Å². The van der Waals surface area contributed by atoms with Gasteiger partial charge < -0.3 is 19.4 Å². The Balaban J connectivity index is 1.10. The Morgan fingerprint density at radius 1 is 1.11 bits per heavy atom. The van der Waals surface area contributed by atoms with Gasteiger partial charge in [0.15, 0.2) is 5.82 Å². The number of rotatable bonds is 5. The van der Waals surface area contributed by atoms with Crippen LogP contribution in [0.5, 0.6) is 0 Å². The number of aromatic nitrogens is 6. The molecule has 0 bridgehead atoms. The molecule has 9 heteroatoms. The van der Waals surface area contributed by atoms with Gasteiger partial charge in [0, 0.05) is 42.8 Å². The molecule has 9 nitrogen and oxygen atoms in total. The molecule has 0 atom stereocenters. The van der Waals surface area contributed by atoms with E-state index in [4.69, 9.17) is 4.98 Å². The highest BCUT2D eigenvalue weighted by molar-refractivity contribution is 5.92. The maximum absolute atomic E-state index is 13.1. The minimum Gasteiger partial charge on any atom is -0.351 e. The SMILES string of the molecule is C=C(C)c1cccc2c1ccn2-c1ccnc(N[C@H]2CC[C@H](C(=O)N3CCn4cnnc4C3)CC2)n1. The van der Waals surface area contributed by atoms with E-state index in [-0.39, 0.29) is 17.9 Å². The van der Waals surface area contributed by atoms with Gasteiger partial charge in [-0.05, 0) is 56.4 Å². The quantitative estimate of drug-likeness (QED) is 0.461. The Bertz CT molecular complexity index is 1430. The van der Waals surface area contributed by atoms with Gasteiger partial charge in [0.1, 0.15) is 12.1 Å². The fourth-order valence-corrected chi connectivity index (χ4v) is 5.47. The number of anilines is 1. The van der Waals surface area contributed by atoms with Crippen LogP contribution in [0.1, 0.15) is 44.0 Å². The first kappa shape index (κ1) is 22.5. The largest absolute Gasteiger partial charge is 0.351 e. The third-order valence-corrected chi connectivity index (χ3v) is 7.44. The number of nitrogens with zero attached hydrogens (tertiary/aromatic N) is 7. The van der Waals surface area contributed by atoms with Crippen molar-refractivity contribution in [2.45, 2.75) is 51.7 Å². The van der Waals surface area contributed by atoms with E-state index in [1.54, 1.807) is 12.5 Å². The second kappa shape index (κ2) is 9.22. The highest BCUT2D eigenvalue weighted by atomic mass is 16.2. The number of hydrogen-bond acceptors (Lipinski definition) is 6. The number of allylic oxidation sites excluding steroid dienone is 1. The lowest BCUT2D eigenvalue weighted by molar-refractivity contribution is -0.138. The van der Waals surface area contributed by atoms with Crippen LogP contribution in [0.15, 0.2) is 55.6 Å². The first-order chi connectivity index (χ1) is 17.6. The van der Waals surface area contributed by atoms with Crippen molar-refractivity contribution in [3.05, 3.63) is 67.0 Å². The van der Waals surface area contributed by atoms with Gasteiger partial charge in [-0.15, -0.1) is 10.2 Å². The highest BCUT2D eigenvalue weighted by Crippen LogP contribution is 2.30. The zero-order valence-corrected chi connectivity index (χ0v) is 20.5. The number of carbonyl (C=O) groups is 1. The van der Waals surface area contributed by atoms with Crippen molar-refractivity contribution < 1.29 is 4.79 Å². The summed E-state index contributed by atoms with van der Waals surface area (Å²) in [7, 11) is 0. The predicted molar refractivity (Wildman–Crippen MR) is 138 cm³/mol. The monoisotopic (exact) mass is 482 g/mol. The van der Waals surface area contributed by atoms with Gasteiger partial charge in [0.2, 0.25) is 11.9 Å². The van der Waals surface area contributed by atoms with Crippen LogP contribution in [-0.2, 0) is 17.9 Å². The molecule has 184 valence electrons. The maximum atomic E-state index is 13.1. The van der Waals surface area contributed by atoms with E-state index in [9.17, 15) is 4.79 Å². The summed E-state index contributed by atoms with van der Waals surface area (Å²) in [6.45, 7) is 8.19. The van der Waals surface area contributed by atoms with E-state index in [1.165, 1.54) is 0 Å². The minimum atomic E-state index is 0.0681. The van der Waals surface area contributed by atoms with Crippen molar-refractivity contribution in [3.8, 4) is 5.82 Å². The first-order valence-corrected chi connectivity index (χ1v) is 12.6. The summed E-state index contributed by atoms with van der Waals surface area (Å²) in [6, 6.07) is 10.5. The number of benzene rings is 1. The zero-order chi connectivity index (χ0) is 24.6. The first-order valence-electron chi connectivity index (χ1n) is 12.6. The molecule has 1 aliphatic carbocycles. The summed E-state index contributed by atoms with van der Waals surface area (Å²) < 4.78 is 4.11. The Labute approximate surface area is 209 Å². The average molecular weight is 483 g/mol. The van der Waals surface area contributed by atoms with Crippen molar-refractivity contribution >= 4 is 28.3 Å². The van der Waals surface area contributed by atoms with Crippen LogP contribution in [0.3, 0.4) is 0 Å². The molecule has 2 aliphatic rings. The van der Waals surface area contributed by atoms with Gasteiger partial charge in [-0.3, -0.25) is 4.79 Å². The normalized spacial score (nSPS) is 19.8. The van der Waals surface area contributed by atoms with Gasteiger partial charge in [-0.2, -0.15) is 4.98 Å². The average Bonchev–Trinajstić information content (AvgIpc) is 3.55. The van der Waals surface area contributed by atoms with Crippen LogP contribution in [0, 0.1) is 5.92 Å². The molecular formula is C27H30N8O. The molecule has 1 N–H and O–H groups in total. The van der Waals surface area contributed by atoms with Crippen molar-refractivity contribution in [1.29, 1.82) is 0 Å². The van der Waals surface area contributed by atoms with E-state index >= 15 is 0 Å². The maximum Gasteiger partial charge on any atom is 0.226 e. The molecule has 4 heterocycles. The second-order valence-corrected chi connectivity index (χ2v) is 9.84. The second-order valence-electron chi connectivity index (χ2n) is 9.84. The molecule has 0 saturated heterocycles. The topological polar surface area (TPSA) is 93.8 Å². The molecule has 1 fully saturated rings. The lowest BCUT2D eigenvalue weighted by Crippen LogP contribution is -2.43. The number of carbonyl (C=O) groups excluding carboxylic acids is 1. The third-order valence-electron chi connectivity index (χ3n) is 7.44. The van der Waals surface area contributed by atoms with Gasteiger partial charge in [0.05, 0.1) is 12.1 Å². The molecule has 6 rings (SSSR count). The molecule has 3 aromatic heterocycles. The van der Waals surface area contributed by atoms with Crippen molar-refractivity contribution in [2.24, 2.45) is 5.92 Å². The Morgan fingerprint density at radius 2 is 1.97 bits per heavy atom. The molecule has 4 aromatic rings. The van der Waals surface area contributed by atoms with Crippen LogP contribution >= 0.6 is 0 Å². The van der Waals surface area contributed by atoms with Gasteiger partial charge in [-0.25, -0.2) is 4.98 Å². The molecule has 1 aromatic carbocycles. The summed E-state index contributed by atoms with van der Waals surface area (Å²) in [5, 5.41) is 12.8. The molecule has 1 amide bonds. The molecule has 0 spiro atoms. The number of hydrogen-bond donors (Lipinski definition) is 1. The smallest absolute Gasteiger partial charge is 0.226 e. The lowest BCUT2D eigenvalue weighted by Gasteiger charge is -2.34. The van der Waals surface area contributed by atoms with Crippen LogP contribution in [0.25, 0.3) is 22.3 Å². The van der Waals surface area contributed by atoms with Crippen LogP contribution in [0.4, 0.5) is 5.95 Å². The molecule has 0 radical (unpaired) electrons. The molecule has 36 heavy (non-hydrogen) atoms. The van der Waals surface area contributed by atoms with Gasteiger partial charge in [0.25, 0.3) is 0 Å². The van der Waals surface area contributed by atoms with Crippen LogP contribution in [0.2, 0.25) is 0 Å². The van der Waals surface area contributed by atoms with E-state index in [1.807, 2.05) is 28.7 Å². The Kier molecular flexibility index (Phi) is 5.75. The molecule has 1 saturated carbocycles. The minimum absolute atomic E-state index is 0.0681. The van der Waals surface area contributed by atoms with E-state index in [0.29, 0.717) is 12.5 Å². The zero-order valence-electron chi connectivity index (χ0n) is 20.5. The molecule has 1 aliphatic heterocycles. The lowest BCUT2D eigenvalue weighted by atomic mass is 9.85. The summed E-state index contributed by atoms with van der Waals surface area (Å²) >= 11 is 0. The van der Waals surface area contributed by atoms with Gasteiger partial charge in [-0.1, -0.05) is 24.3 Å². The summed E-state index contributed by atoms with van der Waals surface area (Å²) in [6.07, 6.45) is 9.15. The molecular weight excluding hydrogens is 452 g/mol. The molecule has 0 unspecified atom stereocenters. The van der Waals surface area contributed by atoms with Crippen molar-refractivity contribution in [2.75, 3.05) is 11.9 Å². The fraction of sp³-hybridized carbons (Fsp3) is 0.370. The Hall–Kier alpha value is -4.01. The van der Waals surface area contributed by atoms with E-state index in [0.717, 1.165) is 72.5 Å². The van der Waals surface area contributed by atoms with Crippen molar-refractivity contribution in [1.82, 2.24) is 34.2 Å². The van der Waals surface area contributed by atoms with E-state index in [2.05, 4.69) is 55.9 Å². The summed E-state index contributed by atoms with van der Waals surface area (Å²) in [5.41, 5.74) is 3.28. The van der Waals surface area contributed by atoms with Crippen LogP contribution in [-0.4, -0.2) is 52.7 Å². The summed E-state index contributed by atoms with van der Waals surface area (Å²) in [4.78, 5) is 24.3. The third kappa shape index (κ3) is 4.14. The number of fused-ring (bicyclic) bond motifs is 2. The predicted octanol–water partition coefficient (Wildman–Crippen LogP) is 4.06. The number of amides is 1. The van der Waals surface area contributed by atoms with Gasteiger partial charge >= 0.3 is 0 Å². The number of nitrogens with one attached hydrogen (secondary N) is 1.